The van der Waals surface area contributed by atoms with Crippen molar-refractivity contribution in [2.24, 2.45) is 5.10 Å². The third-order valence-electron chi connectivity index (χ3n) is 4.05. The van der Waals surface area contributed by atoms with E-state index >= 15 is 0 Å². The summed E-state index contributed by atoms with van der Waals surface area (Å²) in [6.45, 7) is 3.73. The monoisotopic (exact) mass is 470 g/mol. The molecule has 1 heterocycles. The third-order valence-corrected chi connectivity index (χ3v) is 4.64. The zero-order valence-electron chi connectivity index (χ0n) is 16.5. The summed E-state index contributed by atoms with van der Waals surface area (Å²) in [6.07, 6.45) is 1.44. The van der Waals surface area contributed by atoms with Crippen LogP contribution in [0.2, 0.25) is 0 Å². The van der Waals surface area contributed by atoms with Gasteiger partial charge in [0, 0.05) is 5.69 Å². The molecule has 0 aliphatic carbocycles. The van der Waals surface area contributed by atoms with Crippen molar-refractivity contribution in [3.63, 3.8) is 0 Å². The number of carbonyl (C=O) groups excluding carboxylic acids is 2. The number of methoxy groups -OCH3 is 1. The fourth-order valence-corrected chi connectivity index (χ4v) is 3.05. The number of halogens is 1. The highest BCUT2D eigenvalue weighted by Crippen LogP contribution is 2.36. The van der Waals surface area contributed by atoms with Gasteiger partial charge in [0.25, 0.3) is 5.91 Å². The van der Waals surface area contributed by atoms with Crippen LogP contribution in [0.4, 0.5) is 0 Å². The molecule has 0 fully saturated rings. The smallest absolute Gasteiger partial charge is 0.343 e. The molecule has 0 atom stereocenters. The van der Waals surface area contributed by atoms with E-state index in [4.69, 9.17) is 9.47 Å². The van der Waals surface area contributed by atoms with Crippen LogP contribution in [0.3, 0.4) is 0 Å². The molecule has 3 rings (SSSR count). The molecule has 30 heavy (non-hydrogen) atoms. The Kier molecular flexibility index (Phi) is 6.63. The number of carbonyl (C=O) groups is 2. The van der Waals surface area contributed by atoms with Gasteiger partial charge in [-0.2, -0.15) is 10.2 Å². The highest BCUT2D eigenvalue weighted by Gasteiger charge is 2.17. The van der Waals surface area contributed by atoms with Crippen LogP contribution in [0.15, 0.2) is 52.0 Å². The van der Waals surface area contributed by atoms with Crippen molar-refractivity contribution >= 4 is 34.0 Å². The SMILES string of the molecule is COc1cc(/C=N/NC(=O)c2cc(C)[nH]n2)cc(Br)c1OC(=O)c1ccc(C)cc1. The maximum absolute atomic E-state index is 12.4. The zero-order chi connectivity index (χ0) is 21.7. The first-order valence-corrected chi connectivity index (χ1v) is 9.68. The predicted octanol–water partition coefficient (Wildman–Crippen LogP) is 3.78. The number of H-pyrrole nitrogens is 1. The molecule has 0 bridgehead atoms. The van der Waals surface area contributed by atoms with E-state index in [9.17, 15) is 9.59 Å². The van der Waals surface area contributed by atoms with Gasteiger partial charge in [0.05, 0.1) is 23.4 Å². The first kappa shape index (κ1) is 21.3. The van der Waals surface area contributed by atoms with E-state index in [1.165, 1.54) is 13.3 Å². The molecule has 9 heteroatoms. The van der Waals surface area contributed by atoms with Gasteiger partial charge >= 0.3 is 5.97 Å². The minimum atomic E-state index is -0.503. The van der Waals surface area contributed by atoms with Crippen molar-refractivity contribution < 1.29 is 19.1 Å². The Hall–Kier alpha value is -3.46. The van der Waals surface area contributed by atoms with Crippen LogP contribution in [0.5, 0.6) is 11.5 Å². The largest absolute Gasteiger partial charge is 0.493 e. The molecule has 8 nitrogen and oxygen atoms in total. The average molecular weight is 471 g/mol. The molecule has 154 valence electrons. The van der Waals surface area contributed by atoms with Gasteiger partial charge in [0.2, 0.25) is 0 Å². The topological polar surface area (TPSA) is 106 Å². The van der Waals surface area contributed by atoms with Gasteiger partial charge in [-0.1, -0.05) is 17.7 Å². The van der Waals surface area contributed by atoms with Gasteiger partial charge in [-0.25, -0.2) is 10.2 Å². The highest BCUT2D eigenvalue weighted by molar-refractivity contribution is 9.10. The summed E-state index contributed by atoms with van der Waals surface area (Å²) < 4.78 is 11.4. The number of aromatic nitrogens is 2. The van der Waals surface area contributed by atoms with E-state index in [0.717, 1.165) is 11.3 Å². The number of hydrazone groups is 1. The van der Waals surface area contributed by atoms with Crippen molar-refractivity contribution in [2.75, 3.05) is 7.11 Å². The minimum Gasteiger partial charge on any atom is -0.493 e. The van der Waals surface area contributed by atoms with Crippen LogP contribution >= 0.6 is 15.9 Å². The number of hydrogen-bond acceptors (Lipinski definition) is 6. The molecular formula is C21H19BrN4O4. The number of amides is 1. The van der Waals surface area contributed by atoms with Gasteiger partial charge in [0.1, 0.15) is 0 Å². The number of nitrogens with zero attached hydrogens (tertiary/aromatic N) is 2. The van der Waals surface area contributed by atoms with Crippen LogP contribution in [0, 0.1) is 13.8 Å². The molecule has 0 radical (unpaired) electrons. The number of aryl methyl sites for hydroxylation is 2. The molecule has 0 saturated carbocycles. The van der Waals surface area contributed by atoms with Gasteiger partial charge in [-0.15, -0.1) is 0 Å². The summed E-state index contributed by atoms with van der Waals surface area (Å²) in [7, 11) is 1.47. The Morgan fingerprint density at radius 2 is 1.90 bits per heavy atom. The number of nitrogens with one attached hydrogen (secondary N) is 2. The lowest BCUT2D eigenvalue weighted by atomic mass is 10.1. The van der Waals surface area contributed by atoms with Crippen molar-refractivity contribution in [1.82, 2.24) is 15.6 Å². The summed E-state index contributed by atoms with van der Waals surface area (Å²) in [4.78, 5) is 24.4. The van der Waals surface area contributed by atoms with Crippen LogP contribution in [0.1, 0.15) is 37.7 Å². The number of ether oxygens (including phenoxy) is 2. The van der Waals surface area contributed by atoms with Gasteiger partial charge in [-0.3, -0.25) is 9.89 Å². The molecule has 0 saturated heterocycles. The van der Waals surface area contributed by atoms with Crippen LogP contribution in [-0.4, -0.2) is 35.4 Å². The first-order valence-electron chi connectivity index (χ1n) is 8.89. The minimum absolute atomic E-state index is 0.238. The van der Waals surface area contributed by atoms with E-state index in [1.807, 2.05) is 19.1 Å². The maximum Gasteiger partial charge on any atom is 0.343 e. The Balaban J connectivity index is 1.74. The van der Waals surface area contributed by atoms with E-state index in [-0.39, 0.29) is 11.4 Å². The molecule has 2 aromatic carbocycles. The summed E-state index contributed by atoms with van der Waals surface area (Å²) in [6, 6.07) is 12.0. The van der Waals surface area contributed by atoms with E-state index in [2.05, 4.69) is 36.7 Å². The third kappa shape index (κ3) is 5.12. The average Bonchev–Trinajstić information content (AvgIpc) is 3.16. The molecule has 2 N–H and O–H groups in total. The van der Waals surface area contributed by atoms with E-state index in [1.54, 1.807) is 37.3 Å². The van der Waals surface area contributed by atoms with Crippen LogP contribution in [0.25, 0.3) is 0 Å². The molecule has 3 aromatic rings. The van der Waals surface area contributed by atoms with Crippen LogP contribution in [-0.2, 0) is 0 Å². The van der Waals surface area contributed by atoms with E-state index < -0.39 is 11.9 Å². The van der Waals surface area contributed by atoms with Crippen LogP contribution < -0.4 is 14.9 Å². The lowest BCUT2D eigenvalue weighted by Gasteiger charge is -2.12. The second kappa shape index (κ2) is 9.36. The number of aromatic amines is 1. The number of esters is 1. The highest BCUT2D eigenvalue weighted by atomic mass is 79.9. The second-order valence-electron chi connectivity index (χ2n) is 6.42. The molecule has 0 aliphatic heterocycles. The summed E-state index contributed by atoms with van der Waals surface area (Å²) in [5.74, 6) is -0.362. The van der Waals surface area contributed by atoms with Gasteiger partial charge in [-0.05, 0) is 65.7 Å². The Labute approximate surface area is 181 Å². The first-order chi connectivity index (χ1) is 14.4. The zero-order valence-corrected chi connectivity index (χ0v) is 18.1. The number of hydrogen-bond donors (Lipinski definition) is 2. The molecule has 0 aliphatic rings. The Morgan fingerprint density at radius 3 is 2.53 bits per heavy atom. The number of rotatable bonds is 6. The second-order valence-corrected chi connectivity index (χ2v) is 7.28. The molecule has 1 aromatic heterocycles. The van der Waals surface area contributed by atoms with Gasteiger partial charge < -0.3 is 9.47 Å². The summed E-state index contributed by atoms with van der Waals surface area (Å²) >= 11 is 3.39. The van der Waals surface area contributed by atoms with Crippen molar-refractivity contribution in [3.8, 4) is 11.5 Å². The Bertz CT molecular complexity index is 1110. The fraction of sp³-hybridized carbons (Fsp3) is 0.143. The predicted molar refractivity (Wildman–Crippen MR) is 115 cm³/mol. The normalized spacial score (nSPS) is 10.8. The Morgan fingerprint density at radius 1 is 1.17 bits per heavy atom. The fourth-order valence-electron chi connectivity index (χ4n) is 2.51. The molecule has 0 unspecified atom stereocenters. The van der Waals surface area contributed by atoms with Crippen molar-refractivity contribution in [2.45, 2.75) is 13.8 Å². The maximum atomic E-state index is 12.4. The quantitative estimate of drug-likeness (QED) is 0.246. The van der Waals surface area contributed by atoms with Crippen molar-refractivity contribution in [1.29, 1.82) is 0 Å². The van der Waals surface area contributed by atoms with Crippen molar-refractivity contribution in [3.05, 3.63) is 75.0 Å². The number of benzene rings is 2. The lowest BCUT2D eigenvalue weighted by Crippen LogP contribution is -2.18. The summed E-state index contributed by atoms with van der Waals surface area (Å²) in [5, 5.41) is 10.5. The molecule has 1 amide bonds. The lowest BCUT2D eigenvalue weighted by molar-refractivity contribution is 0.0728. The van der Waals surface area contributed by atoms with Gasteiger partial charge in [0.15, 0.2) is 17.2 Å². The standard InChI is InChI=1S/C21H19BrN4O4/c1-12-4-6-15(7-5-12)21(28)30-19-16(22)9-14(10-18(19)29-3)11-23-26-20(27)17-8-13(2)24-25-17/h4-11H,1-3H3,(H,24,25)(H,26,27)/b23-11+. The summed E-state index contributed by atoms with van der Waals surface area (Å²) in [5.41, 5.74) is 5.50. The van der Waals surface area contributed by atoms with E-state index in [0.29, 0.717) is 21.3 Å². The molecular weight excluding hydrogens is 452 g/mol. The molecule has 0 spiro atoms.